The highest BCUT2D eigenvalue weighted by Gasteiger charge is 2.27. The lowest BCUT2D eigenvalue weighted by molar-refractivity contribution is -0.126. The van der Waals surface area contributed by atoms with E-state index >= 15 is 0 Å². The first-order valence-corrected chi connectivity index (χ1v) is 10.4. The second-order valence-corrected chi connectivity index (χ2v) is 8.20. The number of rotatable bonds is 4. The summed E-state index contributed by atoms with van der Waals surface area (Å²) >= 11 is 6.39. The van der Waals surface area contributed by atoms with Crippen molar-refractivity contribution in [2.24, 2.45) is 5.92 Å². The van der Waals surface area contributed by atoms with E-state index in [0.29, 0.717) is 49.7 Å². The molecule has 0 bridgehead atoms. The van der Waals surface area contributed by atoms with Crippen LogP contribution in [0, 0.1) is 5.92 Å². The highest BCUT2D eigenvalue weighted by molar-refractivity contribution is 6.33. The molecule has 4 amide bonds. The molecule has 2 aliphatic rings. The van der Waals surface area contributed by atoms with Crippen LogP contribution in [0.1, 0.15) is 26.7 Å². The number of carbonyl (C=O) groups is 3. The molecule has 0 unspecified atom stereocenters. The van der Waals surface area contributed by atoms with Gasteiger partial charge in [0.05, 0.1) is 17.3 Å². The second-order valence-electron chi connectivity index (χ2n) is 7.79. The van der Waals surface area contributed by atoms with Gasteiger partial charge in [0.1, 0.15) is 0 Å². The SMILES string of the molecule is CC(C)NC(=O)C1CCN(C(=O)Nc2ccc(N3CCNC(=O)C3)c(Cl)c2)CC1. The molecule has 1 aromatic carbocycles. The van der Waals surface area contributed by atoms with Crippen LogP contribution in [-0.2, 0) is 9.59 Å². The smallest absolute Gasteiger partial charge is 0.321 e. The number of carbonyl (C=O) groups excluding carboxylic acids is 3. The number of benzene rings is 1. The number of hydrogen-bond acceptors (Lipinski definition) is 4. The Bertz CT molecular complexity index is 777. The summed E-state index contributed by atoms with van der Waals surface area (Å²) in [6, 6.07) is 5.22. The van der Waals surface area contributed by atoms with Crippen molar-refractivity contribution in [2.75, 3.05) is 42.9 Å². The molecule has 3 N–H and O–H groups in total. The van der Waals surface area contributed by atoms with Gasteiger partial charge in [-0.25, -0.2) is 4.79 Å². The third-order valence-electron chi connectivity index (χ3n) is 5.16. The Morgan fingerprint density at radius 3 is 2.55 bits per heavy atom. The minimum atomic E-state index is -0.200. The van der Waals surface area contributed by atoms with Gasteiger partial charge in [0.25, 0.3) is 0 Å². The summed E-state index contributed by atoms with van der Waals surface area (Å²) in [4.78, 5) is 39.9. The van der Waals surface area contributed by atoms with Crippen LogP contribution in [0.2, 0.25) is 5.02 Å². The standard InChI is InChI=1S/C20H28ClN5O3/c1-13(2)23-19(28)14-5-8-25(9-6-14)20(29)24-15-3-4-17(16(21)11-15)26-10-7-22-18(27)12-26/h3-4,11,13-14H,5-10,12H2,1-2H3,(H,22,27)(H,23,28)(H,24,29). The highest BCUT2D eigenvalue weighted by atomic mass is 35.5. The first kappa shape index (κ1) is 21.2. The lowest BCUT2D eigenvalue weighted by atomic mass is 9.96. The molecule has 1 aromatic rings. The number of nitrogens with one attached hydrogen (secondary N) is 3. The van der Waals surface area contributed by atoms with Crippen LogP contribution in [0.5, 0.6) is 0 Å². The number of piperazine rings is 1. The fourth-order valence-electron chi connectivity index (χ4n) is 3.63. The Labute approximate surface area is 175 Å². The molecule has 2 fully saturated rings. The number of halogens is 1. The lowest BCUT2D eigenvalue weighted by Gasteiger charge is -2.32. The van der Waals surface area contributed by atoms with E-state index in [2.05, 4.69) is 16.0 Å². The van der Waals surface area contributed by atoms with Crippen LogP contribution in [0.15, 0.2) is 18.2 Å². The number of amides is 4. The highest BCUT2D eigenvalue weighted by Crippen LogP contribution is 2.29. The van der Waals surface area contributed by atoms with E-state index in [1.54, 1.807) is 17.0 Å². The lowest BCUT2D eigenvalue weighted by Crippen LogP contribution is -2.47. The van der Waals surface area contributed by atoms with Gasteiger partial charge < -0.3 is 25.8 Å². The largest absolute Gasteiger partial charge is 0.359 e. The molecule has 0 spiro atoms. The van der Waals surface area contributed by atoms with Crippen LogP contribution in [0.3, 0.4) is 0 Å². The predicted molar refractivity (Wildman–Crippen MR) is 113 cm³/mol. The van der Waals surface area contributed by atoms with Crippen molar-refractivity contribution in [3.63, 3.8) is 0 Å². The Hall–Kier alpha value is -2.48. The van der Waals surface area contributed by atoms with E-state index in [1.165, 1.54) is 0 Å². The van der Waals surface area contributed by atoms with E-state index in [4.69, 9.17) is 11.6 Å². The molecule has 9 heteroatoms. The number of anilines is 2. The van der Waals surface area contributed by atoms with Crippen molar-refractivity contribution in [1.29, 1.82) is 0 Å². The maximum Gasteiger partial charge on any atom is 0.321 e. The zero-order chi connectivity index (χ0) is 21.0. The zero-order valence-electron chi connectivity index (χ0n) is 16.8. The number of nitrogens with zero attached hydrogens (tertiary/aromatic N) is 2. The van der Waals surface area contributed by atoms with Crippen molar-refractivity contribution >= 4 is 40.8 Å². The van der Waals surface area contributed by atoms with Gasteiger partial charge in [0.15, 0.2) is 0 Å². The van der Waals surface area contributed by atoms with Crippen molar-refractivity contribution in [3.8, 4) is 0 Å². The third kappa shape index (κ3) is 5.53. The van der Waals surface area contributed by atoms with Crippen molar-refractivity contribution in [3.05, 3.63) is 23.2 Å². The van der Waals surface area contributed by atoms with Crippen LogP contribution >= 0.6 is 11.6 Å². The summed E-state index contributed by atoms with van der Waals surface area (Å²) < 4.78 is 0. The Kier molecular flexibility index (Phi) is 6.84. The maximum absolute atomic E-state index is 12.6. The first-order valence-electron chi connectivity index (χ1n) is 10.0. The minimum Gasteiger partial charge on any atom is -0.359 e. The Morgan fingerprint density at radius 1 is 1.21 bits per heavy atom. The molecular weight excluding hydrogens is 394 g/mol. The molecule has 0 radical (unpaired) electrons. The molecule has 2 saturated heterocycles. The Morgan fingerprint density at radius 2 is 1.93 bits per heavy atom. The normalized spacial score (nSPS) is 17.9. The van der Waals surface area contributed by atoms with Gasteiger partial charge in [-0.1, -0.05) is 11.6 Å². The van der Waals surface area contributed by atoms with E-state index in [9.17, 15) is 14.4 Å². The van der Waals surface area contributed by atoms with Crippen LogP contribution in [0.25, 0.3) is 0 Å². The molecule has 2 heterocycles. The second kappa shape index (κ2) is 9.35. The fourth-order valence-corrected chi connectivity index (χ4v) is 3.94. The topological polar surface area (TPSA) is 93.8 Å². The minimum absolute atomic E-state index is 0.0322. The number of hydrogen-bond donors (Lipinski definition) is 3. The van der Waals surface area contributed by atoms with E-state index in [1.807, 2.05) is 24.8 Å². The summed E-state index contributed by atoms with van der Waals surface area (Å²) in [6.07, 6.45) is 1.31. The van der Waals surface area contributed by atoms with E-state index in [0.717, 1.165) is 5.69 Å². The zero-order valence-corrected chi connectivity index (χ0v) is 17.6. The fraction of sp³-hybridized carbons (Fsp3) is 0.550. The van der Waals surface area contributed by atoms with Gasteiger partial charge >= 0.3 is 6.03 Å². The van der Waals surface area contributed by atoms with Gasteiger partial charge in [-0.2, -0.15) is 0 Å². The molecule has 158 valence electrons. The molecule has 29 heavy (non-hydrogen) atoms. The van der Waals surface area contributed by atoms with Crippen molar-refractivity contribution < 1.29 is 14.4 Å². The maximum atomic E-state index is 12.6. The number of likely N-dealkylation sites (tertiary alicyclic amines) is 1. The quantitative estimate of drug-likeness (QED) is 0.693. The first-order chi connectivity index (χ1) is 13.8. The molecule has 0 aromatic heterocycles. The number of urea groups is 1. The summed E-state index contributed by atoms with van der Waals surface area (Å²) in [5.41, 5.74) is 1.38. The van der Waals surface area contributed by atoms with Crippen LogP contribution < -0.4 is 20.9 Å². The summed E-state index contributed by atoms with van der Waals surface area (Å²) in [5.74, 6) is -0.0130. The molecular formula is C20H28ClN5O3. The molecule has 2 aliphatic heterocycles. The summed E-state index contributed by atoms with van der Waals surface area (Å²) in [5, 5.41) is 9.08. The average Bonchev–Trinajstić information content (AvgIpc) is 2.67. The van der Waals surface area contributed by atoms with Gasteiger partial charge in [0.2, 0.25) is 11.8 Å². The molecule has 0 atom stereocenters. The molecule has 0 aliphatic carbocycles. The number of piperidine rings is 1. The summed E-state index contributed by atoms with van der Waals surface area (Å²) in [6.45, 7) is 6.50. The van der Waals surface area contributed by atoms with Gasteiger partial charge in [-0.3, -0.25) is 9.59 Å². The molecule has 8 nitrogen and oxygen atoms in total. The van der Waals surface area contributed by atoms with Crippen LogP contribution in [-0.4, -0.2) is 61.5 Å². The average molecular weight is 422 g/mol. The van der Waals surface area contributed by atoms with Gasteiger partial charge in [-0.05, 0) is 44.9 Å². The predicted octanol–water partition coefficient (Wildman–Crippen LogP) is 2.04. The monoisotopic (exact) mass is 421 g/mol. The van der Waals surface area contributed by atoms with Crippen molar-refractivity contribution in [2.45, 2.75) is 32.7 Å². The van der Waals surface area contributed by atoms with E-state index < -0.39 is 0 Å². The van der Waals surface area contributed by atoms with Gasteiger partial charge in [-0.15, -0.1) is 0 Å². The van der Waals surface area contributed by atoms with Crippen molar-refractivity contribution in [1.82, 2.24) is 15.5 Å². The third-order valence-corrected chi connectivity index (χ3v) is 5.46. The molecule has 0 saturated carbocycles. The van der Waals surface area contributed by atoms with E-state index in [-0.39, 0.29) is 36.3 Å². The van der Waals surface area contributed by atoms with Gasteiger partial charge in [0, 0.05) is 43.8 Å². The van der Waals surface area contributed by atoms with Crippen LogP contribution in [0.4, 0.5) is 16.2 Å². The summed E-state index contributed by atoms with van der Waals surface area (Å²) in [7, 11) is 0. The Balaban J connectivity index is 1.54. The molecule has 3 rings (SSSR count).